The molecule has 1 aromatic rings. The van der Waals surface area contributed by atoms with Gasteiger partial charge >= 0.3 is 5.97 Å². The van der Waals surface area contributed by atoms with Crippen LogP contribution in [0.15, 0.2) is 12.1 Å². The maximum atomic E-state index is 12.2. The number of rotatable bonds is 4. The van der Waals surface area contributed by atoms with Crippen molar-refractivity contribution in [3.63, 3.8) is 0 Å². The van der Waals surface area contributed by atoms with E-state index in [1.54, 1.807) is 0 Å². The van der Waals surface area contributed by atoms with Gasteiger partial charge in [0, 0.05) is 11.6 Å². The lowest BCUT2D eigenvalue weighted by atomic mass is 9.84. The minimum atomic E-state index is -0.983. The lowest BCUT2D eigenvalue weighted by molar-refractivity contribution is -0.138. The topological polar surface area (TPSA) is 92.4 Å². The summed E-state index contributed by atoms with van der Waals surface area (Å²) in [6.07, 6.45) is -0.175. The first-order chi connectivity index (χ1) is 9.52. The van der Waals surface area contributed by atoms with E-state index >= 15 is 0 Å². The summed E-state index contributed by atoms with van der Waals surface area (Å²) in [5.74, 6) is -1.43. The van der Waals surface area contributed by atoms with Gasteiger partial charge in [-0.05, 0) is 17.5 Å². The molecule has 0 aliphatic carbocycles. The van der Waals surface area contributed by atoms with Gasteiger partial charge in [-0.25, -0.2) is 0 Å². The first-order valence-corrected chi connectivity index (χ1v) is 7.05. The van der Waals surface area contributed by atoms with Crippen LogP contribution in [0, 0.1) is 5.41 Å². The van der Waals surface area contributed by atoms with Crippen LogP contribution in [0.25, 0.3) is 0 Å². The second-order valence-electron chi connectivity index (χ2n) is 5.84. The fourth-order valence-electron chi connectivity index (χ4n) is 1.71. The van der Waals surface area contributed by atoms with Crippen molar-refractivity contribution in [1.29, 1.82) is 0 Å². The Morgan fingerprint density at radius 1 is 1.29 bits per heavy atom. The van der Waals surface area contributed by atoms with Gasteiger partial charge in [-0.3, -0.25) is 9.59 Å². The quantitative estimate of drug-likeness (QED) is 0.738. The zero-order valence-corrected chi connectivity index (χ0v) is 13.5. The number of aliphatic carboxylic acids is 1. The molecule has 1 amide bonds. The van der Waals surface area contributed by atoms with Crippen LogP contribution >= 0.6 is 23.2 Å². The van der Waals surface area contributed by atoms with E-state index in [9.17, 15) is 9.59 Å². The second kappa shape index (κ2) is 6.54. The highest BCUT2D eigenvalue weighted by Gasteiger charge is 2.29. The zero-order chi connectivity index (χ0) is 16.4. The largest absolute Gasteiger partial charge is 0.481 e. The van der Waals surface area contributed by atoms with Crippen molar-refractivity contribution in [3.05, 3.63) is 27.7 Å². The first kappa shape index (κ1) is 17.6. The molecule has 0 radical (unpaired) electrons. The number of nitrogens with two attached hydrogens (primary N) is 1. The third-order valence-corrected chi connectivity index (χ3v) is 3.70. The molecule has 0 aromatic heterocycles. The number of carbonyl (C=O) groups is 2. The molecule has 0 fully saturated rings. The van der Waals surface area contributed by atoms with Gasteiger partial charge in [0.25, 0.3) is 5.91 Å². The summed E-state index contributed by atoms with van der Waals surface area (Å²) in [4.78, 5) is 23.2. The van der Waals surface area contributed by atoms with E-state index in [4.69, 9.17) is 34.0 Å². The second-order valence-corrected chi connectivity index (χ2v) is 6.66. The van der Waals surface area contributed by atoms with Crippen LogP contribution in [-0.2, 0) is 4.79 Å². The number of halogens is 2. The molecule has 1 unspecified atom stereocenters. The Balaban J connectivity index is 3.00. The summed E-state index contributed by atoms with van der Waals surface area (Å²) in [7, 11) is 0. The molecule has 1 rings (SSSR count). The van der Waals surface area contributed by atoms with Crippen LogP contribution in [0.5, 0.6) is 0 Å². The molecule has 7 heteroatoms. The SMILES string of the molecule is CC(C)(C)C(CC(=O)O)NC(=O)c1cc(Cl)c(N)c(Cl)c1. The van der Waals surface area contributed by atoms with E-state index in [-0.39, 0.29) is 27.7 Å². The van der Waals surface area contributed by atoms with Crippen molar-refractivity contribution in [1.82, 2.24) is 5.32 Å². The smallest absolute Gasteiger partial charge is 0.305 e. The lowest BCUT2D eigenvalue weighted by Gasteiger charge is -2.30. The molecule has 0 heterocycles. The third kappa shape index (κ3) is 4.79. The van der Waals surface area contributed by atoms with Crippen LogP contribution in [0.3, 0.4) is 0 Å². The van der Waals surface area contributed by atoms with E-state index < -0.39 is 23.3 Å². The average molecular weight is 333 g/mol. The molecule has 0 saturated carbocycles. The standard InChI is InChI=1S/C14H18Cl2N2O3/c1-14(2,3)10(6-11(19)20)18-13(21)7-4-8(15)12(17)9(16)5-7/h4-5,10H,6,17H2,1-3H3,(H,18,21)(H,19,20). The van der Waals surface area contributed by atoms with Gasteiger partial charge in [-0.15, -0.1) is 0 Å². The minimum Gasteiger partial charge on any atom is -0.481 e. The van der Waals surface area contributed by atoms with Crippen LogP contribution < -0.4 is 11.1 Å². The molecular formula is C14H18Cl2N2O3. The number of amides is 1. The Morgan fingerprint density at radius 3 is 2.14 bits per heavy atom. The van der Waals surface area contributed by atoms with E-state index in [0.29, 0.717) is 0 Å². The van der Waals surface area contributed by atoms with Gasteiger partial charge in [0.15, 0.2) is 0 Å². The Hall–Kier alpha value is -1.46. The number of hydrogen-bond donors (Lipinski definition) is 3. The normalized spacial score (nSPS) is 12.8. The van der Waals surface area contributed by atoms with Crippen molar-refractivity contribution < 1.29 is 14.7 Å². The highest BCUT2D eigenvalue weighted by molar-refractivity contribution is 6.39. The highest BCUT2D eigenvalue weighted by atomic mass is 35.5. The van der Waals surface area contributed by atoms with Crippen molar-refractivity contribution in [2.45, 2.75) is 33.2 Å². The molecule has 1 aromatic carbocycles. The molecule has 4 N–H and O–H groups in total. The van der Waals surface area contributed by atoms with Gasteiger partial charge in [0.2, 0.25) is 0 Å². The van der Waals surface area contributed by atoms with Crippen molar-refractivity contribution in [2.75, 3.05) is 5.73 Å². The van der Waals surface area contributed by atoms with Crippen LogP contribution in [0.2, 0.25) is 10.0 Å². The third-order valence-electron chi connectivity index (χ3n) is 3.07. The minimum absolute atomic E-state index is 0.175. The maximum absolute atomic E-state index is 12.2. The van der Waals surface area contributed by atoms with Gasteiger partial charge < -0.3 is 16.2 Å². The molecule has 0 spiro atoms. The molecule has 116 valence electrons. The number of nitrogens with one attached hydrogen (secondary N) is 1. The van der Waals surface area contributed by atoms with Crippen LogP contribution in [0.4, 0.5) is 5.69 Å². The molecule has 1 atom stereocenters. The number of anilines is 1. The monoisotopic (exact) mass is 332 g/mol. The van der Waals surface area contributed by atoms with Crippen molar-refractivity contribution >= 4 is 40.8 Å². The molecule has 0 saturated heterocycles. The van der Waals surface area contributed by atoms with Crippen LogP contribution in [-0.4, -0.2) is 23.0 Å². The maximum Gasteiger partial charge on any atom is 0.305 e. The van der Waals surface area contributed by atoms with Crippen molar-refractivity contribution in [3.8, 4) is 0 Å². The van der Waals surface area contributed by atoms with Crippen molar-refractivity contribution in [2.24, 2.45) is 5.41 Å². The van der Waals surface area contributed by atoms with E-state index in [1.165, 1.54) is 12.1 Å². The molecule has 5 nitrogen and oxygen atoms in total. The number of carbonyl (C=O) groups excluding carboxylic acids is 1. The summed E-state index contributed by atoms with van der Waals surface area (Å²) in [6.45, 7) is 5.55. The predicted molar refractivity (Wildman–Crippen MR) is 83.8 cm³/mol. The van der Waals surface area contributed by atoms with Crippen LogP contribution in [0.1, 0.15) is 37.6 Å². The Morgan fingerprint density at radius 2 is 1.76 bits per heavy atom. The molecular weight excluding hydrogens is 315 g/mol. The average Bonchev–Trinajstić information content (AvgIpc) is 2.32. The fourth-order valence-corrected chi connectivity index (χ4v) is 2.19. The Bertz CT molecular complexity index is 545. The number of carboxylic acids is 1. The van der Waals surface area contributed by atoms with E-state index in [1.807, 2.05) is 20.8 Å². The zero-order valence-electron chi connectivity index (χ0n) is 12.0. The van der Waals surface area contributed by atoms with E-state index in [0.717, 1.165) is 0 Å². The summed E-state index contributed by atoms with van der Waals surface area (Å²) < 4.78 is 0. The van der Waals surface area contributed by atoms with Gasteiger partial charge in [0.05, 0.1) is 22.2 Å². The number of benzene rings is 1. The lowest BCUT2D eigenvalue weighted by Crippen LogP contribution is -2.45. The molecule has 0 aliphatic rings. The van der Waals surface area contributed by atoms with Gasteiger partial charge in [-0.1, -0.05) is 44.0 Å². The fraction of sp³-hybridized carbons (Fsp3) is 0.429. The molecule has 0 bridgehead atoms. The van der Waals surface area contributed by atoms with Gasteiger partial charge in [-0.2, -0.15) is 0 Å². The summed E-state index contributed by atoms with van der Waals surface area (Å²) in [5.41, 5.74) is 5.64. The summed E-state index contributed by atoms with van der Waals surface area (Å²) in [6, 6.07) is 2.27. The van der Waals surface area contributed by atoms with Gasteiger partial charge in [0.1, 0.15) is 0 Å². The predicted octanol–water partition coefficient (Wildman–Crippen LogP) is 3.19. The number of carboxylic acid groups (broad SMARTS) is 1. The molecule has 21 heavy (non-hydrogen) atoms. The Labute approximate surface area is 133 Å². The number of hydrogen-bond acceptors (Lipinski definition) is 3. The van der Waals surface area contributed by atoms with E-state index in [2.05, 4.69) is 5.32 Å². The first-order valence-electron chi connectivity index (χ1n) is 6.29. The molecule has 0 aliphatic heterocycles. The summed E-state index contributed by atoms with van der Waals surface area (Å²) >= 11 is 11.8. The highest BCUT2D eigenvalue weighted by Crippen LogP contribution is 2.29. The number of nitrogen functional groups attached to an aromatic ring is 1. The summed E-state index contributed by atoms with van der Waals surface area (Å²) in [5, 5.41) is 12.0. The Kier molecular flexibility index (Phi) is 5.48.